The summed E-state index contributed by atoms with van der Waals surface area (Å²) >= 11 is 0. The number of hydrogen-bond donors (Lipinski definition) is 0. The number of benzene rings is 1. The highest BCUT2D eigenvalue weighted by Gasteiger charge is 2.12. The molecule has 27 heavy (non-hydrogen) atoms. The van der Waals surface area contributed by atoms with Crippen LogP contribution < -0.4 is 9.47 Å². The monoisotopic (exact) mass is 369 g/mol. The van der Waals surface area contributed by atoms with Gasteiger partial charge in [0.1, 0.15) is 11.5 Å². The number of pyridine rings is 1. The normalized spacial score (nSPS) is 12.0. The van der Waals surface area contributed by atoms with Gasteiger partial charge in [-0.3, -0.25) is 4.98 Å². The fourth-order valence-corrected chi connectivity index (χ4v) is 2.95. The number of rotatable bonds is 13. The van der Waals surface area contributed by atoms with Gasteiger partial charge in [-0.15, -0.1) is 0 Å². The van der Waals surface area contributed by atoms with Crippen LogP contribution in [0.4, 0.5) is 0 Å². The third-order valence-corrected chi connectivity index (χ3v) is 4.94. The van der Waals surface area contributed by atoms with Crippen LogP contribution in [0.2, 0.25) is 0 Å². The van der Waals surface area contributed by atoms with Crippen molar-refractivity contribution in [1.82, 2.24) is 4.98 Å². The summed E-state index contributed by atoms with van der Waals surface area (Å²) in [6.07, 6.45) is 12.3. The Labute approximate surface area is 165 Å². The summed E-state index contributed by atoms with van der Waals surface area (Å²) in [7, 11) is 0. The van der Waals surface area contributed by atoms with E-state index in [1.54, 1.807) is 0 Å². The van der Waals surface area contributed by atoms with E-state index in [4.69, 9.17) is 9.47 Å². The Morgan fingerprint density at radius 2 is 1.59 bits per heavy atom. The molecule has 0 saturated heterocycles. The smallest absolute Gasteiger partial charge is 0.145 e. The fourth-order valence-electron chi connectivity index (χ4n) is 2.95. The van der Waals surface area contributed by atoms with Crippen LogP contribution in [0.1, 0.15) is 65.7 Å². The molecule has 0 amide bonds. The molecule has 0 spiro atoms. The molecule has 1 unspecified atom stereocenters. The fraction of sp³-hybridized carbons (Fsp3) is 0.542. The van der Waals surface area contributed by atoms with Gasteiger partial charge in [0.2, 0.25) is 0 Å². The van der Waals surface area contributed by atoms with E-state index in [9.17, 15) is 0 Å². The van der Waals surface area contributed by atoms with Gasteiger partial charge in [0.25, 0.3) is 0 Å². The maximum atomic E-state index is 6.12. The van der Waals surface area contributed by atoms with Crippen molar-refractivity contribution in [2.24, 2.45) is 5.92 Å². The lowest BCUT2D eigenvalue weighted by molar-refractivity contribution is 0.256. The van der Waals surface area contributed by atoms with E-state index in [1.165, 1.54) is 32.1 Å². The zero-order chi connectivity index (χ0) is 19.3. The van der Waals surface area contributed by atoms with Gasteiger partial charge in [-0.1, -0.05) is 77.5 Å². The maximum Gasteiger partial charge on any atom is 0.145 e. The Morgan fingerprint density at radius 3 is 2.41 bits per heavy atom. The highest BCUT2D eigenvalue weighted by molar-refractivity contribution is 5.75. The SMILES string of the molecule is CCCCCCCCOc1ccccc1-c1ccncc1OCC(C)CC. The maximum absolute atomic E-state index is 6.12. The highest BCUT2D eigenvalue weighted by Crippen LogP contribution is 2.36. The van der Waals surface area contributed by atoms with Crippen molar-refractivity contribution in [3.63, 3.8) is 0 Å². The summed E-state index contributed by atoms with van der Waals surface area (Å²) < 4.78 is 12.2. The first-order valence-electron chi connectivity index (χ1n) is 10.5. The molecule has 1 aromatic carbocycles. The topological polar surface area (TPSA) is 31.4 Å². The van der Waals surface area contributed by atoms with Crippen LogP contribution in [0.5, 0.6) is 11.5 Å². The minimum absolute atomic E-state index is 0.525. The van der Waals surface area contributed by atoms with Crippen LogP contribution in [0.15, 0.2) is 42.7 Å². The van der Waals surface area contributed by atoms with Crippen LogP contribution >= 0.6 is 0 Å². The quantitative estimate of drug-likeness (QED) is 0.359. The standard InChI is InChI=1S/C24H35NO2/c1-4-6-7-8-9-12-17-26-23-14-11-10-13-21(23)22-15-16-25-18-24(22)27-19-20(3)5-2/h10-11,13-16,18,20H,4-9,12,17,19H2,1-3H3. The molecule has 1 heterocycles. The van der Waals surface area contributed by atoms with Gasteiger partial charge >= 0.3 is 0 Å². The molecule has 0 aliphatic heterocycles. The van der Waals surface area contributed by atoms with E-state index in [0.29, 0.717) is 12.5 Å². The lowest BCUT2D eigenvalue weighted by Crippen LogP contribution is -2.08. The first-order chi connectivity index (χ1) is 13.3. The Kier molecular flexibility index (Phi) is 9.75. The van der Waals surface area contributed by atoms with Gasteiger partial charge in [-0.25, -0.2) is 0 Å². The van der Waals surface area contributed by atoms with Crippen LogP contribution in [-0.2, 0) is 0 Å². The van der Waals surface area contributed by atoms with Crippen LogP contribution in [0.3, 0.4) is 0 Å². The van der Waals surface area contributed by atoms with Crippen molar-refractivity contribution in [1.29, 1.82) is 0 Å². The largest absolute Gasteiger partial charge is 0.493 e. The average molecular weight is 370 g/mol. The molecule has 148 valence electrons. The molecule has 0 aliphatic carbocycles. The van der Waals surface area contributed by atoms with E-state index in [0.717, 1.165) is 42.1 Å². The second kappa shape index (κ2) is 12.4. The predicted molar refractivity (Wildman–Crippen MR) is 113 cm³/mol. The molecule has 1 aromatic heterocycles. The van der Waals surface area contributed by atoms with E-state index in [-0.39, 0.29) is 0 Å². The molecule has 3 heteroatoms. The highest BCUT2D eigenvalue weighted by atomic mass is 16.5. The molecule has 0 radical (unpaired) electrons. The summed E-state index contributed by atoms with van der Waals surface area (Å²) in [4.78, 5) is 4.25. The third kappa shape index (κ3) is 7.24. The number of para-hydroxylation sites is 1. The number of unbranched alkanes of at least 4 members (excludes halogenated alkanes) is 5. The minimum Gasteiger partial charge on any atom is -0.493 e. The van der Waals surface area contributed by atoms with Crippen molar-refractivity contribution in [3.05, 3.63) is 42.7 Å². The Hall–Kier alpha value is -2.03. The molecule has 0 saturated carbocycles. The lowest BCUT2D eigenvalue weighted by atomic mass is 10.0. The van der Waals surface area contributed by atoms with Gasteiger partial charge < -0.3 is 9.47 Å². The molecule has 0 aliphatic rings. The Morgan fingerprint density at radius 1 is 0.852 bits per heavy atom. The van der Waals surface area contributed by atoms with Gasteiger partial charge in [0.15, 0.2) is 0 Å². The molecule has 0 fully saturated rings. The molecule has 0 N–H and O–H groups in total. The van der Waals surface area contributed by atoms with E-state index in [2.05, 4.69) is 31.8 Å². The summed E-state index contributed by atoms with van der Waals surface area (Å²) in [6.45, 7) is 8.10. The lowest BCUT2D eigenvalue weighted by Gasteiger charge is -2.16. The molecular formula is C24H35NO2. The summed E-state index contributed by atoms with van der Waals surface area (Å²) in [6, 6.07) is 10.2. The first kappa shape index (κ1) is 21.3. The van der Waals surface area contributed by atoms with Gasteiger partial charge in [0.05, 0.1) is 19.4 Å². The molecule has 3 nitrogen and oxygen atoms in total. The zero-order valence-corrected chi connectivity index (χ0v) is 17.2. The number of ether oxygens (including phenoxy) is 2. The summed E-state index contributed by atoms with van der Waals surface area (Å²) in [5, 5.41) is 0. The second-order valence-corrected chi connectivity index (χ2v) is 7.31. The molecule has 2 rings (SSSR count). The van der Waals surface area contributed by atoms with E-state index in [1.807, 2.05) is 36.7 Å². The Bertz CT molecular complexity index is 656. The number of aromatic nitrogens is 1. The van der Waals surface area contributed by atoms with Crippen LogP contribution in [0, 0.1) is 5.92 Å². The van der Waals surface area contributed by atoms with E-state index >= 15 is 0 Å². The zero-order valence-electron chi connectivity index (χ0n) is 17.2. The molecule has 0 bridgehead atoms. The third-order valence-electron chi connectivity index (χ3n) is 4.94. The molecule has 2 aromatic rings. The van der Waals surface area contributed by atoms with Crippen LogP contribution in [0.25, 0.3) is 11.1 Å². The average Bonchev–Trinajstić information content (AvgIpc) is 2.72. The summed E-state index contributed by atoms with van der Waals surface area (Å²) in [5.41, 5.74) is 2.12. The van der Waals surface area contributed by atoms with Crippen molar-refractivity contribution in [2.45, 2.75) is 65.7 Å². The number of nitrogens with zero attached hydrogens (tertiary/aromatic N) is 1. The Balaban J connectivity index is 2.00. The van der Waals surface area contributed by atoms with Crippen molar-refractivity contribution in [3.8, 4) is 22.6 Å². The van der Waals surface area contributed by atoms with Crippen molar-refractivity contribution >= 4 is 0 Å². The molecule has 1 atom stereocenters. The molecular weight excluding hydrogens is 334 g/mol. The van der Waals surface area contributed by atoms with Crippen LogP contribution in [-0.4, -0.2) is 18.2 Å². The summed E-state index contributed by atoms with van der Waals surface area (Å²) in [5.74, 6) is 2.27. The van der Waals surface area contributed by atoms with Gasteiger partial charge in [0, 0.05) is 17.3 Å². The van der Waals surface area contributed by atoms with Crippen molar-refractivity contribution < 1.29 is 9.47 Å². The van der Waals surface area contributed by atoms with Gasteiger partial charge in [-0.2, -0.15) is 0 Å². The van der Waals surface area contributed by atoms with Gasteiger partial charge in [-0.05, 0) is 24.5 Å². The van der Waals surface area contributed by atoms with Crippen molar-refractivity contribution in [2.75, 3.05) is 13.2 Å². The second-order valence-electron chi connectivity index (χ2n) is 7.31. The minimum atomic E-state index is 0.525. The van der Waals surface area contributed by atoms with E-state index < -0.39 is 0 Å². The first-order valence-corrected chi connectivity index (χ1v) is 10.5. The predicted octanol–water partition coefficient (Wildman–Crippen LogP) is 6.91. The number of hydrogen-bond acceptors (Lipinski definition) is 3.